The lowest BCUT2D eigenvalue weighted by Gasteiger charge is -2.23. The molecule has 2 amide bonds. The Morgan fingerprint density at radius 2 is 1.58 bits per heavy atom. The molecule has 0 bridgehead atoms. The van der Waals surface area contributed by atoms with Gasteiger partial charge in [0.15, 0.2) is 0 Å². The molecule has 4 nitrogen and oxygen atoms in total. The second-order valence-electron chi connectivity index (χ2n) is 6.49. The predicted octanol–water partition coefficient (Wildman–Crippen LogP) is 3.58. The van der Waals surface area contributed by atoms with Crippen LogP contribution in [0, 0.1) is 19.3 Å². The van der Waals surface area contributed by atoms with E-state index in [1.54, 1.807) is 13.8 Å². The number of rotatable bonds is 5. The third-order valence-electron chi connectivity index (χ3n) is 4.28. The zero-order valence-corrected chi connectivity index (χ0v) is 14.6. The number of carbonyl (C=O) groups is 2. The van der Waals surface area contributed by atoms with Crippen LogP contribution in [0.2, 0.25) is 0 Å². The molecule has 0 heterocycles. The van der Waals surface area contributed by atoms with E-state index in [9.17, 15) is 9.59 Å². The predicted molar refractivity (Wildman–Crippen MR) is 96.6 cm³/mol. The summed E-state index contributed by atoms with van der Waals surface area (Å²) in [6, 6.07) is 15.3. The molecule has 0 saturated carbocycles. The highest BCUT2D eigenvalue weighted by Gasteiger charge is 2.36. The second kappa shape index (κ2) is 7.30. The van der Waals surface area contributed by atoms with Gasteiger partial charge in [-0.3, -0.25) is 9.59 Å². The van der Waals surface area contributed by atoms with E-state index in [1.165, 1.54) is 0 Å². The number of amides is 2. The maximum atomic E-state index is 12.6. The molecular formula is C20H24N2O2. The Kier molecular flexibility index (Phi) is 5.39. The van der Waals surface area contributed by atoms with Gasteiger partial charge < -0.3 is 10.6 Å². The first-order chi connectivity index (χ1) is 11.3. The maximum Gasteiger partial charge on any atom is 0.239 e. The third-order valence-corrected chi connectivity index (χ3v) is 4.28. The van der Waals surface area contributed by atoms with Crippen LogP contribution in [0.1, 0.15) is 30.5 Å². The van der Waals surface area contributed by atoms with Crippen LogP contribution in [0.15, 0.2) is 48.5 Å². The SMILES string of the molecule is Cc1cccc(NC(=O)C(C)(C)C(=O)NCc2ccccc2)c1C. The summed E-state index contributed by atoms with van der Waals surface area (Å²) in [6.45, 7) is 7.61. The monoisotopic (exact) mass is 324 g/mol. The summed E-state index contributed by atoms with van der Waals surface area (Å²) in [7, 11) is 0. The summed E-state index contributed by atoms with van der Waals surface area (Å²) in [5, 5.41) is 5.70. The number of benzene rings is 2. The molecule has 2 aromatic rings. The molecule has 0 atom stereocenters. The van der Waals surface area contributed by atoms with E-state index in [1.807, 2.05) is 62.4 Å². The van der Waals surface area contributed by atoms with E-state index in [-0.39, 0.29) is 11.8 Å². The molecule has 2 aromatic carbocycles. The zero-order chi connectivity index (χ0) is 17.7. The summed E-state index contributed by atoms with van der Waals surface area (Å²) in [5.41, 5.74) is 2.68. The Labute approximate surface area is 143 Å². The number of anilines is 1. The second-order valence-corrected chi connectivity index (χ2v) is 6.49. The molecule has 4 heteroatoms. The lowest BCUT2D eigenvalue weighted by Crippen LogP contribution is -2.45. The first kappa shape index (κ1) is 17.7. The fourth-order valence-electron chi connectivity index (χ4n) is 2.27. The Hall–Kier alpha value is -2.62. The summed E-state index contributed by atoms with van der Waals surface area (Å²) < 4.78 is 0. The van der Waals surface area contributed by atoms with Crippen molar-refractivity contribution in [3.63, 3.8) is 0 Å². The summed E-state index contributed by atoms with van der Waals surface area (Å²) >= 11 is 0. The summed E-state index contributed by atoms with van der Waals surface area (Å²) in [5.74, 6) is -0.615. The highest BCUT2D eigenvalue weighted by molar-refractivity contribution is 6.10. The van der Waals surface area contributed by atoms with Crippen molar-refractivity contribution in [1.82, 2.24) is 5.32 Å². The van der Waals surface area contributed by atoms with Crippen molar-refractivity contribution in [2.75, 3.05) is 5.32 Å². The van der Waals surface area contributed by atoms with Crippen LogP contribution in [-0.4, -0.2) is 11.8 Å². The third kappa shape index (κ3) is 4.02. The van der Waals surface area contributed by atoms with E-state index in [0.29, 0.717) is 6.54 Å². The summed E-state index contributed by atoms with van der Waals surface area (Å²) in [4.78, 5) is 25.0. The number of hydrogen-bond acceptors (Lipinski definition) is 2. The van der Waals surface area contributed by atoms with Crippen molar-refractivity contribution in [2.45, 2.75) is 34.2 Å². The van der Waals surface area contributed by atoms with Gasteiger partial charge in [0, 0.05) is 12.2 Å². The lowest BCUT2D eigenvalue weighted by atomic mass is 9.90. The largest absolute Gasteiger partial charge is 0.351 e. The van der Waals surface area contributed by atoms with Gasteiger partial charge in [0.25, 0.3) is 0 Å². The van der Waals surface area contributed by atoms with Gasteiger partial charge in [0.1, 0.15) is 5.41 Å². The molecule has 0 aliphatic carbocycles. The quantitative estimate of drug-likeness (QED) is 0.826. The smallest absolute Gasteiger partial charge is 0.239 e. The van der Waals surface area contributed by atoms with E-state index < -0.39 is 5.41 Å². The van der Waals surface area contributed by atoms with Crippen molar-refractivity contribution in [2.24, 2.45) is 5.41 Å². The normalized spacial score (nSPS) is 11.0. The Bertz CT molecular complexity index is 737. The van der Waals surface area contributed by atoms with Gasteiger partial charge in [0.05, 0.1) is 0 Å². The van der Waals surface area contributed by atoms with Gasteiger partial charge in [0.2, 0.25) is 11.8 Å². The van der Waals surface area contributed by atoms with E-state index in [2.05, 4.69) is 10.6 Å². The van der Waals surface area contributed by atoms with Gasteiger partial charge in [-0.05, 0) is 50.5 Å². The van der Waals surface area contributed by atoms with Gasteiger partial charge in [-0.25, -0.2) is 0 Å². The van der Waals surface area contributed by atoms with Gasteiger partial charge >= 0.3 is 0 Å². The number of nitrogens with one attached hydrogen (secondary N) is 2. The fraction of sp³-hybridized carbons (Fsp3) is 0.300. The summed E-state index contributed by atoms with van der Waals surface area (Å²) in [6.07, 6.45) is 0. The van der Waals surface area contributed by atoms with Crippen LogP contribution < -0.4 is 10.6 Å². The van der Waals surface area contributed by atoms with E-state index in [4.69, 9.17) is 0 Å². The minimum absolute atomic E-state index is 0.297. The highest BCUT2D eigenvalue weighted by Crippen LogP contribution is 2.23. The maximum absolute atomic E-state index is 12.6. The molecule has 2 N–H and O–H groups in total. The molecule has 0 unspecified atom stereocenters. The minimum Gasteiger partial charge on any atom is -0.351 e. The van der Waals surface area contributed by atoms with Crippen LogP contribution in [0.3, 0.4) is 0 Å². The fourth-order valence-corrected chi connectivity index (χ4v) is 2.27. The molecule has 24 heavy (non-hydrogen) atoms. The number of hydrogen-bond donors (Lipinski definition) is 2. The molecule has 0 fully saturated rings. The first-order valence-corrected chi connectivity index (χ1v) is 8.02. The molecule has 0 aromatic heterocycles. The van der Waals surface area contributed by atoms with Crippen molar-refractivity contribution < 1.29 is 9.59 Å². The Balaban J connectivity index is 2.03. The molecule has 126 valence electrons. The number of carbonyl (C=O) groups excluding carboxylic acids is 2. The van der Waals surface area contributed by atoms with Crippen molar-refractivity contribution in [1.29, 1.82) is 0 Å². The van der Waals surface area contributed by atoms with Crippen molar-refractivity contribution in [3.8, 4) is 0 Å². The van der Waals surface area contributed by atoms with Gasteiger partial charge in [-0.1, -0.05) is 42.5 Å². The minimum atomic E-state index is -1.16. The van der Waals surface area contributed by atoms with Crippen molar-refractivity contribution in [3.05, 3.63) is 65.2 Å². The highest BCUT2D eigenvalue weighted by atomic mass is 16.2. The molecule has 0 saturated heterocycles. The Morgan fingerprint density at radius 3 is 2.25 bits per heavy atom. The van der Waals surface area contributed by atoms with Gasteiger partial charge in [-0.15, -0.1) is 0 Å². The van der Waals surface area contributed by atoms with Crippen LogP contribution in [0.4, 0.5) is 5.69 Å². The van der Waals surface area contributed by atoms with Crippen LogP contribution in [-0.2, 0) is 16.1 Å². The molecule has 0 spiro atoms. The molecule has 2 rings (SSSR count). The standard InChI is InChI=1S/C20H24N2O2/c1-14-9-8-12-17(15(14)2)22-19(24)20(3,4)18(23)21-13-16-10-6-5-7-11-16/h5-12H,13H2,1-4H3,(H,21,23)(H,22,24). The van der Waals surface area contributed by atoms with Crippen LogP contribution >= 0.6 is 0 Å². The molecule has 0 aliphatic heterocycles. The topological polar surface area (TPSA) is 58.2 Å². The van der Waals surface area contributed by atoms with Crippen molar-refractivity contribution >= 4 is 17.5 Å². The van der Waals surface area contributed by atoms with E-state index >= 15 is 0 Å². The zero-order valence-electron chi connectivity index (χ0n) is 14.6. The molecular weight excluding hydrogens is 300 g/mol. The molecule has 0 radical (unpaired) electrons. The first-order valence-electron chi connectivity index (χ1n) is 8.02. The lowest BCUT2D eigenvalue weighted by molar-refractivity contribution is -0.138. The Morgan fingerprint density at radius 1 is 0.917 bits per heavy atom. The van der Waals surface area contributed by atoms with Crippen LogP contribution in [0.25, 0.3) is 0 Å². The number of aryl methyl sites for hydroxylation is 1. The average Bonchev–Trinajstić information content (AvgIpc) is 2.57. The van der Waals surface area contributed by atoms with Crippen LogP contribution in [0.5, 0.6) is 0 Å². The van der Waals surface area contributed by atoms with E-state index in [0.717, 1.165) is 22.4 Å². The average molecular weight is 324 g/mol. The van der Waals surface area contributed by atoms with Gasteiger partial charge in [-0.2, -0.15) is 0 Å². The molecule has 0 aliphatic rings.